The van der Waals surface area contributed by atoms with Crippen LogP contribution < -0.4 is 10.5 Å². The van der Waals surface area contributed by atoms with Gasteiger partial charge in [-0.3, -0.25) is 0 Å². The molecule has 0 radical (unpaired) electrons. The van der Waals surface area contributed by atoms with Crippen LogP contribution in [-0.2, 0) is 12.8 Å². The van der Waals surface area contributed by atoms with Crippen LogP contribution in [0.2, 0.25) is 5.02 Å². The number of benzene rings is 1. The Hall–Kier alpha value is -0.730. The summed E-state index contributed by atoms with van der Waals surface area (Å²) in [4.78, 5) is 0. The van der Waals surface area contributed by atoms with E-state index in [9.17, 15) is 0 Å². The van der Waals surface area contributed by atoms with E-state index in [0.29, 0.717) is 18.2 Å². The zero-order valence-corrected chi connectivity index (χ0v) is 11.5. The third-order valence-electron chi connectivity index (χ3n) is 2.58. The van der Waals surface area contributed by atoms with Crippen molar-refractivity contribution in [3.63, 3.8) is 0 Å². The number of hydrogen-bond donors (Lipinski definition) is 1. The van der Waals surface area contributed by atoms with Gasteiger partial charge in [-0.1, -0.05) is 37.9 Å². The molecule has 0 bridgehead atoms. The van der Waals surface area contributed by atoms with E-state index in [2.05, 4.69) is 19.9 Å². The number of hydrogen-bond acceptors (Lipinski definition) is 2. The number of halogens is 1. The molecule has 0 saturated carbocycles. The monoisotopic (exact) mass is 255 g/mol. The Kier molecular flexibility index (Phi) is 6.38. The maximum absolute atomic E-state index is 6.28. The van der Waals surface area contributed by atoms with Crippen molar-refractivity contribution >= 4 is 11.6 Å². The lowest BCUT2D eigenvalue weighted by molar-refractivity contribution is 0.314. The smallest absolute Gasteiger partial charge is 0.141 e. The number of aryl methyl sites for hydroxylation is 1. The zero-order chi connectivity index (χ0) is 12.7. The van der Waals surface area contributed by atoms with Crippen molar-refractivity contribution in [2.45, 2.75) is 39.5 Å². The molecule has 1 rings (SSSR count). The third kappa shape index (κ3) is 4.21. The van der Waals surface area contributed by atoms with Crippen molar-refractivity contribution in [1.82, 2.24) is 0 Å². The fourth-order valence-corrected chi connectivity index (χ4v) is 2.17. The summed E-state index contributed by atoms with van der Waals surface area (Å²) in [5, 5.41) is 0.716. The quantitative estimate of drug-likeness (QED) is 0.808. The highest BCUT2D eigenvalue weighted by molar-refractivity contribution is 6.32. The van der Waals surface area contributed by atoms with E-state index in [1.165, 1.54) is 5.56 Å². The molecule has 1 aromatic carbocycles. The van der Waals surface area contributed by atoms with Crippen LogP contribution in [0.5, 0.6) is 5.75 Å². The molecule has 0 spiro atoms. The fraction of sp³-hybridized carbons (Fsp3) is 0.571. The van der Waals surface area contributed by atoms with E-state index in [1.807, 2.05) is 6.07 Å². The van der Waals surface area contributed by atoms with Gasteiger partial charge in [0, 0.05) is 0 Å². The molecule has 96 valence electrons. The first-order chi connectivity index (χ1) is 8.22. The molecule has 1 aromatic rings. The predicted molar refractivity (Wildman–Crippen MR) is 74.0 cm³/mol. The molecule has 0 aliphatic heterocycles. The minimum absolute atomic E-state index is 0.619. The van der Waals surface area contributed by atoms with E-state index in [4.69, 9.17) is 22.1 Å². The minimum atomic E-state index is 0.619. The maximum atomic E-state index is 6.28. The Bertz CT molecular complexity index is 352. The van der Waals surface area contributed by atoms with Gasteiger partial charge in [-0.2, -0.15) is 0 Å². The average Bonchev–Trinajstić information content (AvgIpc) is 2.29. The van der Waals surface area contributed by atoms with E-state index >= 15 is 0 Å². The van der Waals surface area contributed by atoms with Gasteiger partial charge in [0.05, 0.1) is 11.6 Å². The van der Waals surface area contributed by atoms with E-state index in [1.54, 1.807) is 0 Å². The summed E-state index contributed by atoms with van der Waals surface area (Å²) in [6.07, 6.45) is 3.96. The molecule has 0 aromatic heterocycles. The number of nitrogens with two attached hydrogens (primary N) is 1. The van der Waals surface area contributed by atoms with Gasteiger partial charge in [-0.05, 0) is 43.0 Å². The summed E-state index contributed by atoms with van der Waals surface area (Å²) >= 11 is 6.28. The molecule has 0 aliphatic rings. The number of rotatable bonds is 7. The summed E-state index contributed by atoms with van der Waals surface area (Å²) in [6, 6.07) is 4.18. The van der Waals surface area contributed by atoms with Gasteiger partial charge in [-0.15, -0.1) is 0 Å². The molecule has 0 amide bonds. The van der Waals surface area contributed by atoms with Gasteiger partial charge in [-0.25, -0.2) is 0 Å². The predicted octanol–water partition coefficient (Wildman–Crippen LogP) is 3.58. The van der Waals surface area contributed by atoms with Gasteiger partial charge in [0.25, 0.3) is 0 Å². The molecule has 0 saturated heterocycles. The first-order valence-electron chi connectivity index (χ1n) is 6.37. The Balaban J connectivity index is 2.99. The topological polar surface area (TPSA) is 35.2 Å². The summed E-state index contributed by atoms with van der Waals surface area (Å²) in [6.45, 7) is 5.57. The summed E-state index contributed by atoms with van der Waals surface area (Å²) in [5.41, 5.74) is 8.04. The SMILES string of the molecule is CCCOc1c(Cl)cc(CCC)cc1CCN. The Morgan fingerprint density at radius 2 is 1.94 bits per heavy atom. The van der Waals surface area contributed by atoms with Crippen LogP contribution in [0, 0.1) is 0 Å². The maximum Gasteiger partial charge on any atom is 0.141 e. The van der Waals surface area contributed by atoms with E-state index in [-0.39, 0.29) is 0 Å². The van der Waals surface area contributed by atoms with Crippen molar-refractivity contribution in [3.8, 4) is 5.75 Å². The van der Waals surface area contributed by atoms with Crippen LogP contribution in [0.3, 0.4) is 0 Å². The molecule has 2 N–H and O–H groups in total. The van der Waals surface area contributed by atoms with Crippen molar-refractivity contribution in [2.24, 2.45) is 5.73 Å². The third-order valence-corrected chi connectivity index (χ3v) is 2.86. The minimum Gasteiger partial charge on any atom is -0.492 e. The first-order valence-corrected chi connectivity index (χ1v) is 6.74. The van der Waals surface area contributed by atoms with Crippen molar-refractivity contribution in [2.75, 3.05) is 13.2 Å². The summed E-state index contributed by atoms with van der Waals surface area (Å²) in [5.74, 6) is 0.818. The van der Waals surface area contributed by atoms with Crippen LogP contribution in [-0.4, -0.2) is 13.2 Å². The fourth-order valence-electron chi connectivity index (χ4n) is 1.85. The molecule has 0 heterocycles. The first kappa shape index (κ1) is 14.3. The van der Waals surface area contributed by atoms with Crippen LogP contribution >= 0.6 is 11.6 Å². The molecule has 0 unspecified atom stereocenters. The summed E-state index contributed by atoms with van der Waals surface area (Å²) in [7, 11) is 0. The lowest BCUT2D eigenvalue weighted by Crippen LogP contribution is -2.07. The Labute approximate surface area is 109 Å². The van der Waals surface area contributed by atoms with Gasteiger partial charge in [0.1, 0.15) is 5.75 Å². The molecule has 3 heteroatoms. The highest BCUT2D eigenvalue weighted by Crippen LogP contribution is 2.31. The molecule has 2 nitrogen and oxygen atoms in total. The molecule has 0 aliphatic carbocycles. The van der Waals surface area contributed by atoms with Crippen molar-refractivity contribution in [3.05, 3.63) is 28.3 Å². The highest BCUT2D eigenvalue weighted by Gasteiger charge is 2.10. The highest BCUT2D eigenvalue weighted by atomic mass is 35.5. The number of ether oxygens (including phenoxy) is 1. The Morgan fingerprint density at radius 1 is 1.18 bits per heavy atom. The lowest BCUT2D eigenvalue weighted by atomic mass is 10.0. The van der Waals surface area contributed by atoms with Gasteiger partial charge in [0.2, 0.25) is 0 Å². The second kappa shape index (κ2) is 7.57. The molecule has 0 fully saturated rings. The lowest BCUT2D eigenvalue weighted by Gasteiger charge is -2.14. The van der Waals surface area contributed by atoms with Gasteiger partial charge >= 0.3 is 0 Å². The molecular weight excluding hydrogens is 234 g/mol. The largest absolute Gasteiger partial charge is 0.492 e. The van der Waals surface area contributed by atoms with Crippen LogP contribution in [0.1, 0.15) is 37.8 Å². The average molecular weight is 256 g/mol. The molecule has 17 heavy (non-hydrogen) atoms. The van der Waals surface area contributed by atoms with Gasteiger partial charge in [0.15, 0.2) is 0 Å². The van der Waals surface area contributed by atoms with E-state index in [0.717, 1.165) is 37.0 Å². The zero-order valence-electron chi connectivity index (χ0n) is 10.8. The molecule has 0 atom stereocenters. The normalized spacial score (nSPS) is 10.6. The van der Waals surface area contributed by atoms with Crippen LogP contribution in [0.15, 0.2) is 12.1 Å². The second-order valence-corrected chi connectivity index (χ2v) is 4.61. The van der Waals surface area contributed by atoms with E-state index < -0.39 is 0 Å². The molecular formula is C14H22ClNO. The van der Waals surface area contributed by atoms with Crippen molar-refractivity contribution < 1.29 is 4.74 Å². The van der Waals surface area contributed by atoms with Crippen LogP contribution in [0.25, 0.3) is 0 Å². The van der Waals surface area contributed by atoms with Gasteiger partial charge < -0.3 is 10.5 Å². The van der Waals surface area contributed by atoms with Crippen LogP contribution in [0.4, 0.5) is 0 Å². The standard InChI is InChI=1S/C14H22ClNO/c1-3-5-11-9-12(6-7-16)14(13(15)10-11)17-8-4-2/h9-10H,3-8,16H2,1-2H3. The summed E-state index contributed by atoms with van der Waals surface area (Å²) < 4.78 is 5.72. The Morgan fingerprint density at radius 3 is 2.53 bits per heavy atom. The van der Waals surface area contributed by atoms with Crippen molar-refractivity contribution in [1.29, 1.82) is 0 Å². The second-order valence-electron chi connectivity index (χ2n) is 4.20.